The molecule has 30 heavy (non-hydrogen) atoms. The summed E-state index contributed by atoms with van der Waals surface area (Å²) < 4.78 is 21.7. The van der Waals surface area contributed by atoms with Crippen molar-refractivity contribution in [2.24, 2.45) is 0 Å². The number of allylic oxidation sites excluding steroid dienone is 1. The minimum atomic E-state index is -0.362. The van der Waals surface area contributed by atoms with Crippen LogP contribution in [-0.2, 0) is 23.7 Å². The number of halogens is 1. The van der Waals surface area contributed by atoms with E-state index in [4.69, 9.17) is 18.9 Å². The fourth-order valence-corrected chi connectivity index (χ4v) is 2.96. The molecule has 0 aromatic heterocycles. The first-order valence-corrected chi connectivity index (χ1v) is 12.0. The molecular weight excluding hydrogens is 456 g/mol. The number of alkyl halides is 1. The van der Waals surface area contributed by atoms with Crippen LogP contribution in [0, 0.1) is 0 Å². The van der Waals surface area contributed by atoms with Crippen LogP contribution in [0.2, 0.25) is 0 Å². The van der Waals surface area contributed by atoms with E-state index in [9.17, 15) is 9.59 Å². The predicted octanol–water partition coefficient (Wildman–Crippen LogP) is 2.94. The summed E-state index contributed by atoms with van der Waals surface area (Å²) in [5.41, 5.74) is 0. The van der Waals surface area contributed by atoms with Crippen LogP contribution < -0.4 is 10.6 Å². The van der Waals surface area contributed by atoms with Crippen molar-refractivity contribution in [1.29, 1.82) is 0 Å². The molecule has 1 aliphatic carbocycles. The maximum absolute atomic E-state index is 11.8. The third-order valence-corrected chi connectivity index (χ3v) is 4.87. The molecule has 1 rings (SSSR count). The fourth-order valence-electron chi connectivity index (χ4n) is 2.76. The summed E-state index contributed by atoms with van der Waals surface area (Å²) >= 11 is 3.09. The lowest BCUT2D eigenvalue weighted by atomic mass is 10.0. The van der Waals surface area contributed by atoms with Gasteiger partial charge < -0.3 is 29.6 Å². The Morgan fingerprint density at radius 2 is 1.50 bits per heavy atom. The molecule has 1 atom stereocenters. The van der Waals surface area contributed by atoms with Gasteiger partial charge in [0.25, 0.3) is 0 Å². The molecule has 8 nitrogen and oxygen atoms in total. The van der Waals surface area contributed by atoms with Crippen LogP contribution in [0.1, 0.15) is 44.9 Å². The van der Waals surface area contributed by atoms with Crippen molar-refractivity contribution < 1.29 is 28.5 Å². The zero-order valence-electron chi connectivity index (χ0n) is 17.9. The number of hydrogen-bond acceptors (Lipinski definition) is 6. The van der Waals surface area contributed by atoms with Crippen LogP contribution >= 0.6 is 15.9 Å². The van der Waals surface area contributed by atoms with Gasteiger partial charge in [-0.2, -0.15) is 0 Å². The van der Waals surface area contributed by atoms with E-state index in [1.165, 1.54) is 12.8 Å². The van der Waals surface area contributed by atoms with Crippen molar-refractivity contribution in [2.75, 3.05) is 58.1 Å². The fraction of sp³-hybridized carbons (Fsp3) is 0.810. The molecule has 1 unspecified atom stereocenters. The van der Waals surface area contributed by atoms with Crippen molar-refractivity contribution in [2.45, 2.75) is 51.0 Å². The predicted molar refractivity (Wildman–Crippen MR) is 119 cm³/mol. The number of hydrogen-bond donors (Lipinski definition) is 2. The molecular formula is C21H37BrN2O6. The lowest BCUT2D eigenvalue weighted by Gasteiger charge is -2.16. The number of rotatable bonds is 16. The molecule has 0 saturated heterocycles. The maximum atomic E-state index is 11.8. The van der Waals surface area contributed by atoms with Gasteiger partial charge in [-0.05, 0) is 44.6 Å². The molecule has 0 bridgehead atoms. The molecule has 0 aliphatic heterocycles. The maximum Gasteiger partial charge on any atom is 0.407 e. The number of nitrogens with one attached hydrogen (secondary N) is 2. The minimum absolute atomic E-state index is 0.0170. The second kappa shape index (κ2) is 19.8. The summed E-state index contributed by atoms with van der Waals surface area (Å²) in [5, 5.41) is 5.85. The van der Waals surface area contributed by atoms with Crippen molar-refractivity contribution in [1.82, 2.24) is 10.6 Å². The second-order valence-electron chi connectivity index (χ2n) is 6.96. The Hall–Kier alpha value is -1.16. The Labute approximate surface area is 188 Å². The number of carbonyl (C=O) groups excluding carboxylic acids is 2. The first kappa shape index (κ1) is 26.9. The zero-order valence-corrected chi connectivity index (χ0v) is 19.5. The van der Waals surface area contributed by atoms with E-state index in [1.807, 2.05) is 6.08 Å². The van der Waals surface area contributed by atoms with Crippen LogP contribution in [0.25, 0.3) is 0 Å². The lowest BCUT2D eigenvalue weighted by molar-refractivity contribution is -0.118. The molecule has 0 radical (unpaired) electrons. The third kappa shape index (κ3) is 16.6. The van der Waals surface area contributed by atoms with Gasteiger partial charge in [0.15, 0.2) is 0 Å². The van der Waals surface area contributed by atoms with Gasteiger partial charge in [0.05, 0.1) is 31.8 Å². The monoisotopic (exact) mass is 492 g/mol. The number of carbonyl (C=O) groups is 2. The molecule has 0 fully saturated rings. The minimum Gasteiger partial charge on any atom is -0.442 e. The highest BCUT2D eigenvalue weighted by Crippen LogP contribution is 2.14. The van der Waals surface area contributed by atoms with E-state index in [0.29, 0.717) is 58.1 Å². The van der Waals surface area contributed by atoms with E-state index in [0.717, 1.165) is 32.1 Å². The lowest BCUT2D eigenvalue weighted by Crippen LogP contribution is -2.29. The molecule has 0 saturated carbocycles. The summed E-state index contributed by atoms with van der Waals surface area (Å²) in [6, 6.07) is 0. The SMILES string of the molecule is O=C(CBr)NCCCOCCOCCOCCCNC(=O)OC1/C=C\CCCCC1. The molecule has 0 heterocycles. The quantitative estimate of drug-likeness (QED) is 0.195. The second-order valence-corrected chi connectivity index (χ2v) is 7.53. The smallest absolute Gasteiger partial charge is 0.407 e. The van der Waals surface area contributed by atoms with Gasteiger partial charge in [-0.25, -0.2) is 4.79 Å². The van der Waals surface area contributed by atoms with Crippen LogP contribution in [0.5, 0.6) is 0 Å². The third-order valence-electron chi connectivity index (χ3n) is 4.36. The average Bonchev–Trinajstić information content (AvgIpc) is 2.72. The van der Waals surface area contributed by atoms with Crippen molar-refractivity contribution in [3.05, 3.63) is 12.2 Å². The van der Waals surface area contributed by atoms with Crippen molar-refractivity contribution >= 4 is 27.9 Å². The van der Waals surface area contributed by atoms with Gasteiger partial charge in [0.2, 0.25) is 5.91 Å². The molecule has 2 amide bonds. The molecule has 0 aromatic rings. The van der Waals surface area contributed by atoms with Gasteiger partial charge in [0.1, 0.15) is 6.10 Å². The van der Waals surface area contributed by atoms with Gasteiger partial charge in [-0.3, -0.25) is 4.79 Å². The summed E-state index contributed by atoms with van der Waals surface area (Å²) in [6.45, 7) is 4.35. The highest BCUT2D eigenvalue weighted by Gasteiger charge is 2.11. The van der Waals surface area contributed by atoms with E-state index >= 15 is 0 Å². The average molecular weight is 493 g/mol. The van der Waals surface area contributed by atoms with Crippen LogP contribution in [0.4, 0.5) is 4.79 Å². The Bertz CT molecular complexity index is 478. The van der Waals surface area contributed by atoms with Gasteiger partial charge in [-0.1, -0.05) is 28.4 Å². The Balaban J connectivity index is 1.80. The molecule has 9 heteroatoms. The molecule has 2 N–H and O–H groups in total. The topological polar surface area (TPSA) is 95.1 Å². The van der Waals surface area contributed by atoms with Gasteiger partial charge >= 0.3 is 6.09 Å². The molecule has 0 spiro atoms. The molecule has 0 aromatic carbocycles. The van der Waals surface area contributed by atoms with Crippen molar-refractivity contribution in [3.63, 3.8) is 0 Å². The van der Waals surface area contributed by atoms with Crippen LogP contribution in [0.3, 0.4) is 0 Å². The highest BCUT2D eigenvalue weighted by molar-refractivity contribution is 9.09. The normalized spacial score (nSPS) is 17.6. The zero-order chi connectivity index (χ0) is 21.7. The molecule has 174 valence electrons. The van der Waals surface area contributed by atoms with E-state index in [-0.39, 0.29) is 18.1 Å². The van der Waals surface area contributed by atoms with E-state index in [2.05, 4.69) is 32.6 Å². The summed E-state index contributed by atoms with van der Waals surface area (Å²) in [6.07, 6.45) is 10.6. The van der Waals surface area contributed by atoms with Gasteiger partial charge in [-0.15, -0.1) is 0 Å². The van der Waals surface area contributed by atoms with E-state index in [1.54, 1.807) is 0 Å². The molecule has 1 aliphatic rings. The highest BCUT2D eigenvalue weighted by atomic mass is 79.9. The van der Waals surface area contributed by atoms with Crippen LogP contribution in [-0.4, -0.2) is 76.2 Å². The van der Waals surface area contributed by atoms with E-state index < -0.39 is 0 Å². The Morgan fingerprint density at radius 3 is 2.17 bits per heavy atom. The van der Waals surface area contributed by atoms with Gasteiger partial charge in [0, 0.05) is 26.3 Å². The Kier molecular flexibility index (Phi) is 17.7. The number of ether oxygens (including phenoxy) is 4. The van der Waals surface area contributed by atoms with Crippen LogP contribution in [0.15, 0.2) is 12.2 Å². The Morgan fingerprint density at radius 1 is 0.867 bits per heavy atom. The first-order valence-electron chi connectivity index (χ1n) is 10.9. The standard InChI is InChI=1S/C21H37BrN2O6/c22-18-20(25)23-10-6-12-27-14-16-29-17-15-28-13-7-11-24-21(26)30-19-8-4-2-1-3-5-9-19/h4,8,19H,1-3,5-7,9-18H2,(H,23,25)(H,24,26)/b8-4-. The summed E-state index contributed by atoms with van der Waals surface area (Å²) in [7, 11) is 0. The van der Waals surface area contributed by atoms with Crippen molar-refractivity contribution in [3.8, 4) is 0 Å². The number of alkyl carbamates (subject to hydrolysis) is 1. The summed E-state index contributed by atoms with van der Waals surface area (Å²) in [4.78, 5) is 22.8. The number of amides is 2. The first-order chi connectivity index (χ1) is 14.7. The summed E-state index contributed by atoms with van der Waals surface area (Å²) in [5.74, 6) is -0.0170. The largest absolute Gasteiger partial charge is 0.442 e.